The Hall–Kier alpha value is -2.03. The number of aromatic nitrogens is 1. The van der Waals surface area contributed by atoms with Gasteiger partial charge in [-0.15, -0.1) is 0 Å². The quantitative estimate of drug-likeness (QED) is 0.858. The van der Waals surface area contributed by atoms with Gasteiger partial charge in [0.15, 0.2) is 0 Å². The summed E-state index contributed by atoms with van der Waals surface area (Å²) >= 11 is 0. The molecule has 3 nitrogen and oxygen atoms in total. The molecule has 0 bridgehead atoms. The number of nitrogens with zero attached hydrogens (tertiary/aromatic N) is 1. The monoisotopic (exact) mass is 226 g/mol. The van der Waals surface area contributed by atoms with Crippen LogP contribution in [0.25, 0.3) is 5.69 Å². The first-order valence-corrected chi connectivity index (χ1v) is 5.87. The largest absolute Gasteiger partial charge is 0.326 e. The molecule has 0 radical (unpaired) electrons. The second-order valence-corrected chi connectivity index (χ2v) is 4.40. The van der Waals surface area contributed by atoms with Gasteiger partial charge in [-0.25, -0.2) is 0 Å². The van der Waals surface area contributed by atoms with Crippen LogP contribution in [-0.2, 0) is 4.79 Å². The number of nitrogens with one attached hydrogen (secondary N) is 1. The fourth-order valence-corrected chi connectivity index (χ4v) is 1.84. The molecule has 17 heavy (non-hydrogen) atoms. The maximum absolute atomic E-state index is 11.7. The van der Waals surface area contributed by atoms with Crippen molar-refractivity contribution in [3.63, 3.8) is 0 Å². The molecule has 1 heterocycles. The van der Waals surface area contributed by atoms with Crippen LogP contribution in [0.1, 0.15) is 12.8 Å². The Morgan fingerprint density at radius 2 is 1.94 bits per heavy atom. The zero-order valence-corrected chi connectivity index (χ0v) is 9.47. The van der Waals surface area contributed by atoms with E-state index in [1.165, 1.54) is 0 Å². The normalized spacial score (nSPS) is 14.6. The highest BCUT2D eigenvalue weighted by Crippen LogP contribution is 2.30. The van der Waals surface area contributed by atoms with Gasteiger partial charge in [-0.05, 0) is 43.2 Å². The van der Waals surface area contributed by atoms with Gasteiger partial charge in [-0.1, -0.05) is 6.07 Å². The Labute approximate surface area is 100 Å². The number of hydrogen-bond donors (Lipinski definition) is 1. The van der Waals surface area contributed by atoms with Gasteiger partial charge in [0.05, 0.1) is 0 Å². The van der Waals surface area contributed by atoms with Crippen LogP contribution in [0.15, 0.2) is 48.8 Å². The van der Waals surface area contributed by atoms with Gasteiger partial charge in [0.2, 0.25) is 5.91 Å². The summed E-state index contributed by atoms with van der Waals surface area (Å²) in [5, 5.41) is 2.95. The molecule has 2 aromatic rings. The Balaban J connectivity index is 1.81. The molecule has 1 aliphatic carbocycles. The Morgan fingerprint density at radius 3 is 2.65 bits per heavy atom. The zero-order chi connectivity index (χ0) is 11.7. The van der Waals surface area contributed by atoms with E-state index in [1.54, 1.807) is 0 Å². The van der Waals surface area contributed by atoms with Crippen molar-refractivity contribution in [1.82, 2.24) is 4.57 Å². The van der Waals surface area contributed by atoms with Crippen LogP contribution in [-0.4, -0.2) is 10.5 Å². The molecule has 3 heteroatoms. The fraction of sp³-hybridized carbons (Fsp3) is 0.214. The van der Waals surface area contributed by atoms with Crippen molar-refractivity contribution in [1.29, 1.82) is 0 Å². The highest BCUT2D eigenvalue weighted by atomic mass is 16.2. The first-order chi connectivity index (χ1) is 8.33. The van der Waals surface area contributed by atoms with Crippen LogP contribution in [0.3, 0.4) is 0 Å². The predicted octanol–water partition coefficient (Wildman–Crippen LogP) is 2.83. The van der Waals surface area contributed by atoms with E-state index < -0.39 is 0 Å². The Bertz CT molecular complexity index is 527. The second kappa shape index (κ2) is 4.09. The molecule has 3 rings (SSSR count). The Kier molecular flexibility index (Phi) is 2.44. The van der Waals surface area contributed by atoms with Crippen LogP contribution in [0.4, 0.5) is 5.69 Å². The van der Waals surface area contributed by atoms with Crippen molar-refractivity contribution >= 4 is 11.6 Å². The predicted molar refractivity (Wildman–Crippen MR) is 67.1 cm³/mol. The number of carbonyl (C=O) groups is 1. The second-order valence-electron chi connectivity index (χ2n) is 4.40. The van der Waals surface area contributed by atoms with Crippen molar-refractivity contribution < 1.29 is 4.79 Å². The van der Waals surface area contributed by atoms with Gasteiger partial charge < -0.3 is 9.88 Å². The maximum Gasteiger partial charge on any atom is 0.227 e. The highest BCUT2D eigenvalue weighted by Gasteiger charge is 2.29. The standard InChI is InChI=1S/C14H14N2O/c17-14(11-6-7-11)15-12-4-3-5-13(10-12)16-8-1-2-9-16/h1-5,8-11H,6-7H2,(H,15,17). The van der Waals surface area contributed by atoms with Gasteiger partial charge in [-0.2, -0.15) is 0 Å². The number of hydrogen-bond acceptors (Lipinski definition) is 1. The van der Waals surface area contributed by atoms with E-state index in [0.29, 0.717) is 0 Å². The topological polar surface area (TPSA) is 34.0 Å². The molecule has 0 unspecified atom stereocenters. The van der Waals surface area contributed by atoms with Gasteiger partial charge >= 0.3 is 0 Å². The van der Waals surface area contributed by atoms with Crippen LogP contribution < -0.4 is 5.32 Å². The molecule has 1 saturated carbocycles. The lowest BCUT2D eigenvalue weighted by atomic mass is 10.2. The third-order valence-corrected chi connectivity index (χ3v) is 2.96. The lowest BCUT2D eigenvalue weighted by Crippen LogP contribution is -2.13. The van der Waals surface area contributed by atoms with Gasteiger partial charge in [0.25, 0.3) is 0 Å². The zero-order valence-electron chi connectivity index (χ0n) is 9.47. The third-order valence-electron chi connectivity index (χ3n) is 2.96. The van der Waals surface area contributed by atoms with Crippen molar-refractivity contribution in [3.05, 3.63) is 48.8 Å². The SMILES string of the molecule is O=C(Nc1cccc(-n2cccc2)c1)C1CC1. The van der Waals surface area contributed by atoms with Crippen molar-refractivity contribution in [2.45, 2.75) is 12.8 Å². The summed E-state index contributed by atoms with van der Waals surface area (Å²) in [6.45, 7) is 0. The molecule has 1 aromatic carbocycles. The minimum Gasteiger partial charge on any atom is -0.326 e. The molecule has 1 N–H and O–H groups in total. The van der Waals surface area contributed by atoms with Gasteiger partial charge in [0.1, 0.15) is 0 Å². The summed E-state index contributed by atoms with van der Waals surface area (Å²) in [5.74, 6) is 0.389. The van der Waals surface area contributed by atoms with E-state index in [9.17, 15) is 4.79 Å². The van der Waals surface area contributed by atoms with E-state index in [1.807, 2.05) is 53.4 Å². The average Bonchev–Trinajstić information content (AvgIpc) is 3.05. The molecule has 0 saturated heterocycles. The summed E-state index contributed by atoms with van der Waals surface area (Å²) in [4.78, 5) is 11.7. The van der Waals surface area contributed by atoms with Crippen LogP contribution in [0, 0.1) is 5.92 Å². The number of anilines is 1. The molecule has 1 amide bonds. The number of rotatable bonds is 3. The number of benzene rings is 1. The van der Waals surface area contributed by atoms with E-state index in [2.05, 4.69) is 5.32 Å². The lowest BCUT2D eigenvalue weighted by molar-refractivity contribution is -0.117. The summed E-state index contributed by atoms with van der Waals surface area (Å²) in [6.07, 6.45) is 6.04. The highest BCUT2D eigenvalue weighted by molar-refractivity contribution is 5.94. The molecular formula is C14H14N2O. The number of carbonyl (C=O) groups excluding carboxylic acids is 1. The molecule has 0 atom stereocenters. The smallest absolute Gasteiger partial charge is 0.227 e. The van der Waals surface area contributed by atoms with E-state index in [-0.39, 0.29) is 11.8 Å². The van der Waals surface area contributed by atoms with Crippen LogP contribution in [0.2, 0.25) is 0 Å². The third kappa shape index (κ3) is 2.23. The van der Waals surface area contributed by atoms with E-state index >= 15 is 0 Å². The molecule has 1 aromatic heterocycles. The molecule has 0 aliphatic heterocycles. The number of amides is 1. The molecule has 0 spiro atoms. The Morgan fingerprint density at radius 1 is 1.18 bits per heavy atom. The summed E-state index contributed by atoms with van der Waals surface area (Å²) in [7, 11) is 0. The first-order valence-electron chi connectivity index (χ1n) is 5.87. The summed E-state index contributed by atoms with van der Waals surface area (Å²) < 4.78 is 2.02. The van der Waals surface area contributed by atoms with Gasteiger partial charge in [-0.3, -0.25) is 4.79 Å². The average molecular weight is 226 g/mol. The minimum atomic E-state index is 0.148. The van der Waals surface area contributed by atoms with E-state index in [0.717, 1.165) is 24.2 Å². The molecule has 1 fully saturated rings. The fourth-order valence-electron chi connectivity index (χ4n) is 1.84. The van der Waals surface area contributed by atoms with Crippen molar-refractivity contribution in [3.8, 4) is 5.69 Å². The van der Waals surface area contributed by atoms with Crippen molar-refractivity contribution in [2.24, 2.45) is 5.92 Å². The minimum absolute atomic E-state index is 0.148. The first kappa shape index (κ1) is 10.1. The van der Waals surface area contributed by atoms with Crippen LogP contribution in [0.5, 0.6) is 0 Å². The van der Waals surface area contributed by atoms with E-state index in [4.69, 9.17) is 0 Å². The maximum atomic E-state index is 11.7. The summed E-state index contributed by atoms with van der Waals surface area (Å²) in [6, 6.07) is 11.9. The molecular weight excluding hydrogens is 212 g/mol. The lowest BCUT2D eigenvalue weighted by Gasteiger charge is -2.07. The van der Waals surface area contributed by atoms with Gasteiger partial charge in [0, 0.05) is 29.7 Å². The molecule has 1 aliphatic rings. The molecule has 86 valence electrons. The summed E-state index contributed by atoms with van der Waals surface area (Å²) in [5.41, 5.74) is 1.93. The van der Waals surface area contributed by atoms with Crippen LogP contribution >= 0.6 is 0 Å². The van der Waals surface area contributed by atoms with Crippen molar-refractivity contribution in [2.75, 3.05) is 5.32 Å².